The molecular formula is C19H14ClN3O3. The molecule has 7 heteroatoms. The number of nitrogens with one attached hydrogen (secondary N) is 1. The highest BCUT2D eigenvalue weighted by Gasteiger charge is 2.26. The number of para-hydroxylation sites is 3. The Morgan fingerprint density at radius 3 is 2.85 bits per heavy atom. The van der Waals surface area contributed by atoms with Crippen LogP contribution in [0, 0.1) is 0 Å². The summed E-state index contributed by atoms with van der Waals surface area (Å²) in [6, 6.07) is 16.7. The van der Waals surface area contributed by atoms with Gasteiger partial charge >= 0.3 is 0 Å². The zero-order valence-corrected chi connectivity index (χ0v) is 14.3. The van der Waals surface area contributed by atoms with E-state index in [9.17, 15) is 4.79 Å². The Bertz CT molecular complexity index is 1010. The van der Waals surface area contributed by atoms with Gasteiger partial charge in [-0.15, -0.1) is 0 Å². The van der Waals surface area contributed by atoms with Gasteiger partial charge in [-0.2, -0.15) is 5.10 Å². The first-order chi connectivity index (χ1) is 12.7. The van der Waals surface area contributed by atoms with E-state index in [4.69, 9.17) is 21.1 Å². The minimum Gasteiger partial charge on any atom is -0.485 e. The van der Waals surface area contributed by atoms with Crippen molar-refractivity contribution in [2.45, 2.75) is 6.10 Å². The third kappa shape index (κ3) is 3.32. The molecule has 26 heavy (non-hydrogen) atoms. The molecule has 1 aliphatic heterocycles. The van der Waals surface area contributed by atoms with Gasteiger partial charge < -0.3 is 9.47 Å². The Morgan fingerprint density at radius 1 is 1.19 bits per heavy atom. The lowest BCUT2D eigenvalue weighted by Gasteiger charge is -2.24. The van der Waals surface area contributed by atoms with Crippen LogP contribution in [-0.2, 0) is 4.79 Å². The molecule has 3 aromatic rings. The molecule has 0 saturated heterocycles. The number of benzene rings is 2. The second-order valence-corrected chi connectivity index (χ2v) is 6.02. The highest BCUT2D eigenvalue weighted by molar-refractivity contribution is 6.32. The second-order valence-electron chi connectivity index (χ2n) is 5.66. The van der Waals surface area contributed by atoms with Crippen molar-refractivity contribution in [2.24, 2.45) is 5.10 Å². The van der Waals surface area contributed by atoms with Gasteiger partial charge in [-0.3, -0.25) is 4.79 Å². The van der Waals surface area contributed by atoms with Gasteiger partial charge in [0, 0.05) is 10.9 Å². The summed E-state index contributed by atoms with van der Waals surface area (Å²) in [4.78, 5) is 16.5. The molecule has 130 valence electrons. The molecule has 0 saturated carbocycles. The molecule has 0 unspecified atom stereocenters. The minimum atomic E-state index is -0.771. The Hall–Kier alpha value is -3.12. The number of carbonyl (C=O) groups is 1. The Balaban J connectivity index is 1.44. The van der Waals surface area contributed by atoms with E-state index in [1.807, 2.05) is 42.5 Å². The first kappa shape index (κ1) is 16.4. The highest BCUT2D eigenvalue weighted by Crippen LogP contribution is 2.30. The molecule has 0 spiro atoms. The zero-order valence-electron chi connectivity index (χ0n) is 13.6. The number of ether oxygens (including phenoxy) is 2. The molecule has 0 radical (unpaired) electrons. The third-order valence-corrected chi connectivity index (χ3v) is 4.19. The molecule has 2 heterocycles. The highest BCUT2D eigenvalue weighted by atomic mass is 35.5. The fourth-order valence-electron chi connectivity index (χ4n) is 2.59. The van der Waals surface area contributed by atoms with Crippen molar-refractivity contribution in [3.8, 4) is 11.5 Å². The van der Waals surface area contributed by atoms with E-state index in [-0.39, 0.29) is 6.61 Å². The SMILES string of the molecule is O=C(NN=Cc1cc2ccccc2nc1Cl)[C@@H]1COc2ccccc2O1. The monoisotopic (exact) mass is 367 g/mol. The summed E-state index contributed by atoms with van der Waals surface area (Å²) in [5.74, 6) is 0.749. The van der Waals surface area contributed by atoms with Crippen LogP contribution in [0.4, 0.5) is 0 Å². The van der Waals surface area contributed by atoms with Gasteiger partial charge in [-0.05, 0) is 24.3 Å². The third-order valence-electron chi connectivity index (χ3n) is 3.88. The topological polar surface area (TPSA) is 72.8 Å². The van der Waals surface area contributed by atoms with Crippen LogP contribution in [0.1, 0.15) is 5.56 Å². The molecule has 2 aromatic carbocycles. The average molecular weight is 368 g/mol. The molecule has 1 aromatic heterocycles. The van der Waals surface area contributed by atoms with Crippen LogP contribution in [0.2, 0.25) is 5.15 Å². The van der Waals surface area contributed by atoms with Crippen LogP contribution in [0.3, 0.4) is 0 Å². The molecule has 0 bridgehead atoms. The van der Waals surface area contributed by atoms with E-state index in [1.54, 1.807) is 12.1 Å². The summed E-state index contributed by atoms with van der Waals surface area (Å²) in [6.07, 6.45) is 0.685. The maximum absolute atomic E-state index is 12.2. The average Bonchev–Trinajstić information content (AvgIpc) is 2.68. The summed E-state index contributed by atoms with van der Waals surface area (Å²) >= 11 is 6.16. The summed E-state index contributed by atoms with van der Waals surface area (Å²) in [6.45, 7) is 0.122. The Morgan fingerprint density at radius 2 is 1.96 bits per heavy atom. The first-order valence-corrected chi connectivity index (χ1v) is 8.35. The van der Waals surface area contributed by atoms with Gasteiger partial charge in [-0.1, -0.05) is 41.9 Å². The predicted octanol–water partition coefficient (Wildman–Crippen LogP) is 3.18. The number of hydrogen-bond acceptors (Lipinski definition) is 5. The van der Waals surface area contributed by atoms with Crippen LogP contribution < -0.4 is 14.9 Å². The fourth-order valence-corrected chi connectivity index (χ4v) is 2.78. The molecule has 6 nitrogen and oxygen atoms in total. The number of fused-ring (bicyclic) bond motifs is 2. The Kier molecular flexibility index (Phi) is 4.41. The normalized spacial score (nSPS) is 16.0. The smallest absolute Gasteiger partial charge is 0.284 e. The number of amides is 1. The lowest BCUT2D eigenvalue weighted by molar-refractivity contribution is -0.130. The number of halogens is 1. The summed E-state index contributed by atoms with van der Waals surface area (Å²) in [5.41, 5.74) is 3.85. The van der Waals surface area contributed by atoms with E-state index in [2.05, 4.69) is 15.5 Å². The van der Waals surface area contributed by atoms with E-state index in [1.165, 1.54) is 6.21 Å². The van der Waals surface area contributed by atoms with Gasteiger partial charge in [0.05, 0.1) is 11.7 Å². The standard InChI is InChI=1S/C19H14ClN3O3/c20-18-13(9-12-5-1-2-6-14(12)22-18)10-21-23-19(24)17-11-25-15-7-3-4-8-16(15)26-17/h1-10,17H,11H2,(H,23,24)/t17-/m0/s1. The first-order valence-electron chi connectivity index (χ1n) is 7.97. The lowest BCUT2D eigenvalue weighted by Crippen LogP contribution is -2.42. The second kappa shape index (κ2) is 7.01. The maximum atomic E-state index is 12.2. The lowest BCUT2D eigenvalue weighted by atomic mass is 10.2. The molecule has 1 amide bonds. The van der Waals surface area contributed by atoms with Crippen molar-refractivity contribution >= 4 is 34.6 Å². The van der Waals surface area contributed by atoms with E-state index in [0.717, 1.165) is 10.9 Å². The van der Waals surface area contributed by atoms with E-state index >= 15 is 0 Å². The van der Waals surface area contributed by atoms with Gasteiger partial charge in [0.25, 0.3) is 5.91 Å². The number of pyridine rings is 1. The number of hydrazone groups is 1. The Labute approximate surface area is 154 Å². The van der Waals surface area contributed by atoms with Crippen molar-refractivity contribution in [3.63, 3.8) is 0 Å². The largest absolute Gasteiger partial charge is 0.485 e. The number of carbonyl (C=O) groups excluding carboxylic acids is 1. The molecule has 4 rings (SSSR count). The van der Waals surface area contributed by atoms with Crippen LogP contribution in [0.25, 0.3) is 10.9 Å². The summed E-state index contributed by atoms with van der Waals surface area (Å²) in [5, 5.41) is 5.20. The minimum absolute atomic E-state index is 0.122. The van der Waals surface area contributed by atoms with Crippen molar-refractivity contribution in [1.29, 1.82) is 0 Å². The molecule has 0 fully saturated rings. The van der Waals surface area contributed by atoms with Gasteiger partial charge in [-0.25, -0.2) is 10.4 Å². The van der Waals surface area contributed by atoms with Crippen molar-refractivity contribution in [3.05, 3.63) is 65.3 Å². The number of aromatic nitrogens is 1. The molecule has 1 N–H and O–H groups in total. The van der Waals surface area contributed by atoms with E-state index < -0.39 is 12.0 Å². The van der Waals surface area contributed by atoms with Gasteiger partial charge in [0.1, 0.15) is 11.8 Å². The molecule has 1 aliphatic rings. The molecule has 1 atom stereocenters. The van der Waals surface area contributed by atoms with Gasteiger partial charge in [0.15, 0.2) is 11.5 Å². The van der Waals surface area contributed by atoms with Crippen molar-refractivity contribution in [2.75, 3.05) is 6.61 Å². The summed E-state index contributed by atoms with van der Waals surface area (Å²) in [7, 11) is 0. The quantitative estimate of drug-likeness (QED) is 0.438. The van der Waals surface area contributed by atoms with Gasteiger partial charge in [0.2, 0.25) is 6.10 Å². The number of hydrogen-bond donors (Lipinski definition) is 1. The zero-order chi connectivity index (χ0) is 17.9. The predicted molar refractivity (Wildman–Crippen MR) is 98.8 cm³/mol. The van der Waals surface area contributed by atoms with Crippen LogP contribution in [-0.4, -0.2) is 29.8 Å². The number of rotatable bonds is 3. The summed E-state index contributed by atoms with van der Waals surface area (Å²) < 4.78 is 11.1. The van der Waals surface area contributed by atoms with Crippen molar-refractivity contribution in [1.82, 2.24) is 10.4 Å². The molecule has 0 aliphatic carbocycles. The molecular weight excluding hydrogens is 354 g/mol. The fraction of sp³-hybridized carbons (Fsp3) is 0.105. The van der Waals surface area contributed by atoms with Crippen LogP contribution >= 0.6 is 11.6 Å². The number of nitrogens with zero attached hydrogens (tertiary/aromatic N) is 2. The van der Waals surface area contributed by atoms with Crippen molar-refractivity contribution < 1.29 is 14.3 Å². The maximum Gasteiger partial charge on any atom is 0.284 e. The van der Waals surface area contributed by atoms with E-state index in [0.29, 0.717) is 22.2 Å². The van der Waals surface area contributed by atoms with Crippen LogP contribution in [0.15, 0.2) is 59.7 Å². The van der Waals surface area contributed by atoms with Crippen LogP contribution in [0.5, 0.6) is 11.5 Å².